The van der Waals surface area contributed by atoms with Gasteiger partial charge in [-0.15, -0.1) is 5.10 Å². The zero-order valence-corrected chi connectivity index (χ0v) is 15.1. The van der Waals surface area contributed by atoms with Crippen molar-refractivity contribution < 1.29 is 42.9 Å². The highest BCUT2D eigenvalue weighted by atomic mass is 16.7. The number of ether oxygens (including phenoxy) is 5. The molecular weight excluding hydrogens is 366 g/mol. The first-order valence-electron chi connectivity index (χ1n) is 7.85. The molecule has 1 fully saturated rings. The average Bonchev–Trinajstić information content (AvgIpc) is 3.18. The van der Waals surface area contributed by atoms with Crippen LogP contribution in [-0.4, -0.2) is 70.7 Å². The van der Waals surface area contributed by atoms with E-state index in [-0.39, 0.29) is 12.4 Å². The molecule has 1 aromatic rings. The molecule has 4 atom stereocenters. The van der Waals surface area contributed by atoms with Gasteiger partial charge in [-0.2, -0.15) is 0 Å². The molecular formula is C15H19N3O9. The molecule has 148 valence electrons. The van der Waals surface area contributed by atoms with E-state index in [1.165, 1.54) is 34.2 Å². The SMILES string of the molecule is COC(=O)c1ncn([C@H]2O[C@@H](COC(C)=O)[C@H](OC(C)=O)[C@@H]2OC(C)=O)n1. The molecule has 1 aromatic heterocycles. The van der Waals surface area contributed by atoms with E-state index in [9.17, 15) is 19.2 Å². The van der Waals surface area contributed by atoms with Crippen molar-refractivity contribution in [2.45, 2.75) is 45.3 Å². The van der Waals surface area contributed by atoms with Gasteiger partial charge in [0, 0.05) is 20.8 Å². The average molecular weight is 385 g/mol. The Hall–Kier alpha value is -3.02. The number of nitrogens with zero attached hydrogens (tertiary/aromatic N) is 3. The molecule has 27 heavy (non-hydrogen) atoms. The quantitative estimate of drug-likeness (QED) is 0.456. The van der Waals surface area contributed by atoms with E-state index in [0.717, 1.165) is 4.68 Å². The first-order valence-corrected chi connectivity index (χ1v) is 7.85. The smallest absolute Gasteiger partial charge is 0.377 e. The summed E-state index contributed by atoms with van der Waals surface area (Å²) >= 11 is 0. The number of hydrogen-bond acceptors (Lipinski definition) is 11. The molecule has 1 saturated heterocycles. The lowest BCUT2D eigenvalue weighted by atomic mass is 10.1. The summed E-state index contributed by atoms with van der Waals surface area (Å²) in [7, 11) is 1.17. The van der Waals surface area contributed by atoms with Crippen LogP contribution < -0.4 is 0 Å². The van der Waals surface area contributed by atoms with Crippen LogP contribution >= 0.6 is 0 Å². The predicted octanol–water partition coefficient (Wildman–Crippen LogP) is -0.611. The van der Waals surface area contributed by atoms with E-state index in [1.807, 2.05) is 0 Å². The molecule has 0 radical (unpaired) electrons. The summed E-state index contributed by atoms with van der Waals surface area (Å²) in [6.45, 7) is 3.30. The van der Waals surface area contributed by atoms with Gasteiger partial charge in [0.2, 0.25) is 0 Å². The molecule has 2 rings (SSSR count). The van der Waals surface area contributed by atoms with E-state index in [2.05, 4.69) is 14.8 Å². The number of carbonyl (C=O) groups is 4. The fourth-order valence-corrected chi connectivity index (χ4v) is 2.49. The Morgan fingerprint density at radius 1 is 1.07 bits per heavy atom. The third kappa shape index (κ3) is 5.00. The summed E-state index contributed by atoms with van der Waals surface area (Å²) in [5, 5.41) is 3.93. The third-order valence-corrected chi connectivity index (χ3v) is 3.48. The van der Waals surface area contributed by atoms with Crippen molar-refractivity contribution in [2.24, 2.45) is 0 Å². The van der Waals surface area contributed by atoms with Crippen LogP contribution in [0, 0.1) is 0 Å². The van der Waals surface area contributed by atoms with Crippen molar-refractivity contribution in [1.29, 1.82) is 0 Å². The van der Waals surface area contributed by atoms with Crippen LogP contribution in [0.3, 0.4) is 0 Å². The summed E-state index contributed by atoms with van der Waals surface area (Å²) in [4.78, 5) is 49.4. The van der Waals surface area contributed by atoms with Gasteiger partial charge in [-0.3, -0.25) is 14.4 Å². The number of hydrogen-bond donors (Lipinski definition) is 0. The Kier molecular flexibility index (Phi) is 6.45. The molecule has 12 nitrogen and oxygen atoms in total. The lowest BCUT2D eigenvalue weighted by Gasteiger charge is -2.23. The molecule has 0 N–H and O–H groups in total. The van der Waals surface area contributed by atoms with Gasteiger partial charge < -0.3 is 23.7 Å². The lowest BCUT2D eigenvalue weighted by Crippen LogP contribution is -2.40. The molecule has 0 amide bonds. The summed E-state index contributed by atoms with van der Waals surface area (Å²) in [6, 6.07) is 0. The molecule has 12 heteroatoms. The third-order valence-electron chi connectivity index (χ3n) is 3.48. The molecule has 1 aliphatic heterocycles. The second-order valence-electron chi connectivity index (χ2n) is 5.56. The highest BCUT2D eigenvalue weighted by molar-refractivity contribution is 5.84. The van der Waals surface area contributed by atoms with Gasteiger partial charge in [-0.05, 0) is 0 Å². The summed E-state index contributed by atoms with van der Waals surface area (Å²) in [6.07, 6.45) is -3.02. The highest BCUT2D eigenvalue weighted by Gasteiger charge is 2.51. The van der Waals surface area contributed by atoms with Crippen molar-refractivity contribution in [2.75, 3.05) is 13.7 Å². The zero-order chi connectivity index (χ0) is 20.1. The van der Waals surface area contributed by atoms with Crippen LogP contribution in [0.1, 0.15) is 37.6 Å². The lowest BCUT2D eigenvalue weighted by molar-refractivity contribution is -0.166. The van der Waals surface area contributed by atoms with E-state index >= 15 is 0 Å². The fraction of sp³-hybridized carbons (Fsp3) is 0.600. The van der Waals surface area contributed by atoms with E-state index in [4.69, 9.17) is 18.9 Å². The van der Waals surface area contributed by atoms with Crippen LogP contribution in [0.25, 0.3) is 0 Å². The Morgan fingerprint density at radius 3 is 2.26 bits per heavy atom. The first-order chi connectivity index (χ1) is 12.7. The van der Waals surface area contributed by atoms with Crippen molar-refractivity contribution >= 4 is 23.9 Å². The minimum atomic E-state index is -1.11. The Labute approximate surface area is 153 Å². The minimum absolute atomic E-state index is 0.241. The fourth-order valence-electron chi connectivity index (χ4n) is 2.49. The number of carbonyl (C=O) groups excluding carboxylic acids is 4. The number of methoxy groups -OCH3 is 1. The second kappa shape index (κ2) is 8.58. The Balaban J connectivity index is 2.33. The molecule has 0 bridgehead atoms. The number of aromatic nitrogens is 3. The van der Waals surface area contributed by atoms with Gasteiger partial charge in [0.25, 0.3) is 5.82 Å². The van der Waals surface area contributed by atoms with Gasteiger partial charge in [0.05, 0.1) is 7.11 Å². The number of esters is 4. The van der Waals surface area contributed by atoms with E-state index in [1.54, 1.807) is 0 Å². The van der Waals surface area contributed by atoms with Gasteiger partial charge in [-0.25, -0.2) is 14.5 Å². The monoisotopic (exact) mass is 385 g/mol. The highest BCUT2D eigenvalue weighted by Crippen LogP contribution is 2.34. The van der Waals surface area contributed by atoms with Crippen molar-refractivity contribution in [3.8, 4) is 0 Å². The predicted molar refractivity (Wildman–Crippen MR) is 83.0 cm³/mol. The van der Waals surface area contributed by atoms with Gasteiger partial charge in [0.15, 0.2) is 18.4 Å². The van der Waals surface area contributed by atoms with Crippen molar-refractivity contribution in [3.05, 3.63) is 12.2 Å². The maximum Gasteiger partial charge on any atom is 0.377 e. The summed E-state index contributed by atoms with van der Waals surface area (Å²) in [5.74, 6) is -2.89. The van der Waals surface area contributed by atoms with Crippen LogP contribution in [0.15, 0.2) is 6.33 Å². The Morgan fingerprint density at radius 2 is 1.70 bits per heavy atom. The number of rotatable bonds is 6. The maximum atomic E-state index is 11.5. The zero-order valence-electron chi connectivity index (χ0n) is 15.1. The molecule has 0 unspecified atom stereocenters. The van der Waals surface area contributed by atoms with E-state index in [0.29, 0.717) is 0 Å². The standard InChI is InChI=1S/C15H19N3O9/c1-7(19)24-5-10-11(25-8(2)20)12(26-9(3)21)14(27-10)18-6-16-13(17-18)15(22)23-4/h6,10-12,14H,5H2,1-4H3/t10-,11-,12-,14-/m0/s1. The van der Waals surface area contributed by atoms with Crippen LogP contribution in [-0.2, 0) is 38.1 Å². The van der Waals surface area contributed by atoms with Gasteiger partial charge >= 0.3 is 23.9 Å². The topological polar surface area (TPSA) is 145 Å². The van der Waals surface area contributed by atoms with Crippen LogP contribution in [0.2, 0.25) is 0 Å². The van der Waals surface area contributed by atoms with Crippen molar-refractivity contribution in [1.82, 2.24) is 14.8 Å². The molecule has 0 saturated carbocycles. The Bertz CT molecular complexity index is 732. The molecule has 2 heterocycles. The molecule has 0 aromatic carbocycles. The first kappa shape index (κ1) is 20.3. The largest absolute Gasteiger partial charge is 0.463 e. The van der Waals surface area contributed by atoms with Crippen molar-refractivity contribution in [3.63, 3.8) is 0 Å². The van der Waals surface area contributed by atoms with E-state index < -0.39 is 48.4 Å². The second-order valence-corrected chi connectivity index (χ2v) is 5.56. The normalized spacial score (nSPS) is 24.1. The molecule has 0 spiro atoms. The maximum absolute atomic E-state index is 11.5. The van der Waals surface area contributed by atoms with Crippen LogP contribution in [0.5, 0.6) is 0 Å². The van der Waals surface area contributed by atoms with Gasteiger partial charge in [-0.1, -0.05) is 0 Å². The van der Waals surface area contributed by atoms with Gasteiger partial charge in [0.1, 0.15) is 19.0 Å². The minimum Gasteiger partial charge on any atom is -0.463 e. The van der Waals surface area contributed by atoms with Crippen LogP contribution in [0.4, 0.5) is 0 Å². The summed E-state index contributed by atoms with van der Waals surface area (Å²) < 4.78 is 26.8. The molecule has 0 aliphatic carbocycles. The summed E-state index contributed by atoms with van der Waals surface area (Å²) in [5.41, 5.74) is 0. The molecule has 1 aliphatic rings.